The number of fused-ring (bicyclic) bond motifs is 1. The van der Waals surface area contributed by atoms with Crippen LogP contribution in [0.3, 0.4) is 0 Å². The molecular formula is C31H30Cl2NOTi. The minimum absolute atomic E-state index is 0. The summed E-state index contributed by atoms with van der Waals surface area (Å²) < 4.78 is 6.64. The monoisotopic (exact) mass is 550 g/mol. The van der Waals surface area contributed by atoms with Crippen LogP contribution in [0.4, 0.5) is 0 Å². The summed E-state index contributed by atoms with van der Waals surface area (Å²) >= 11 is 1.84. The fourth-order valence-electron chi connectivity index (χ4n) is 5.13. The van der Waals surface area contributed by atoms with E-state index in [0.717, 1.165) is 24.1 Å². The number of nitrogens with zero attached hydrogens (tertiary/aromatic N) is 1. The summed E-state index contributed by atoms with van der Waals surface area (Å²) in [6, 6.07) is 34.5. The van der Waals surface area contributed by atoms with Crippen molar-refractivity contribution in [3.8, 4) is 0 Å². The molecule has 4 aromatic rings. The van der Waals surface area contributed by atoms with Gasteiger partial charge in [0.1, 0.15) is 0 Å². The topological polar surface area (TPSA) is 12.5 Å². The Hall–Kier alpha value is -2.17. The normalized spacial score (nSPS) is 13.1. The van der Waals surface area contributed by atoms with E-state index in [4.69, 9.17) is 3.32 Å². The van der Waals surface area contributed by atoms with Crippen LogP contribution in [0.25, 0.3) is 16.3 Å². The Labute approximate surface area is 238 Å². The summed E-state index contributed by atoms with van der Waals surface area (Å²) in [5.41, 5.74) is 6.66. The van der Waals surface area contributed by atoms with Crippen LogP contribution in [-0.2, 0) is 29.7 Å². The van der Waals surface area contributed by atoms with Crippen molar-refractivity contribution in [1.82, 2.24) is 4.90 Å². The Morgan fingerprint density at radius 2 is 1.36 bits per heavy atom. The van der Waals surface area contributed by atoms with Gasteiger partial charge in [0.05, 0.1) is 0 Å². The molecule has 0 saturated carbocycles. The summed E-state index contributed by atoms with van der Waals surface area (Å²) in [5.74, 6) is 0. The third-order valence-corrected chi connectivity index (χ3v) is 7.06. The molecule has 1 aliphatic carbocycles. The molecule has 0 amide bonds. The third-order valence-electron chi connectivity index (χ3n) is 6.58. The number of hydrogen-bond donors (Lipinski definition) is 0. The van der Waals surface area contributed by atoms with Gasteiger partial charge in [-0.1, -0.05) is 0 Å². The molecule has 0 atom stereocenters. The van der Waals surface area contributed by atoms with Gasteiger partial charge < -0.3 is 0 Å². The first-order chi connectivity index (χ1) is 16.6. The number of hydrogen-bond acceptors (Lipinski definition) is 2. The smallest absolute Gasteiger partial charge is 0.147 e. The maximum absolute atomic E-state index is 6.64. The zero-order valence-corrected chi connectivity index (χ0v) is 23.7. The van der Waals surface area contributed by atoms with E-state index in [0.29, 0.717) is 0 Å². The van der Waals surface area contributed by atoms with E-state index in [2.05, 4.69) is 128 Å². The molecule has 0 fully saturated rings. The summed E-state index contributed by atoms with van der Waals surface area (Å²) in [4.78, 5) is 2.22. The van der Waals surface area contributed by atoms with Crippen LogP contribution in [0.15, 0.2) is 115 Å². The molecule has 0 N–H and O–H groups in total. The molecule has 4 aromatic carbocycles. The first-order valence-corrected chi connectivity index (χ1v) is 12.3. The van der Waals surface area contributed by atoms with Gasteiger partial charge >= 0.3 is 215 Å². The van der Waals surface area contributed by atoms with Gasteiger partial charge in [0.25, 0.3) is 0 Å². The Kier molecular flexibility index (Phi) is 9.77. The molecule has 0 radical (unpaired) electrons. The predicted octanol–water partition coefficient (Wildman–Crippen LogP) is 7.73. The van der Waals surface area contributed by atoms with Crippen LogP contribution in [-0.4, -0.2) is 25.5 Å². The van der Waals surface area contributed by atoms with Crippen LogP contribution < -0.4 is 0 Å². The van der Waals surface area contributed by atoms with Crippen molar-refractivity contribution in [1.29, 1.82) is 0 Å². The van der Waals surface area contributed by atoms with E-state index >= 15 is 0 Å². The average Bonchev–Trinajstić information content (AvgIpc) is 3.34. The van der Waals surface area contributed by atoms with Crippen molar-refractivity contribution in [2.75, 3.05) is 20.6 Å². The van der Waals surface area contributed by atoms with Crippen molar-refractivity contribution >= 4 is 41.2 Å². The van der Waals surface area contributed by atoms with E-state index in [9.17, 15) is 0 Å². The van der Waals surface area contributed by atoms with Gasteiger partial charge in [-0.05, 0) is 0 Å². The Bertz CT molecular complexity index is 1330. The molecule has 0 spiro atoms. The number of allylic oxidation sites excluding steroid dienone is 2. The zero-order chi connectivity index (χ0) is 23.5. The molecule has 0 aliphatic heterocycles. The Balaban J connectivity index is 0.00000180. The van der Waals surface area contributed by atoms with Crippen molar-refractivity contribution in [2.45, 2.75) is 12.0 Å². The van der Waals surface area contributed by atoms with Gasteiger partial charge in [-0.15, -0.1) is 24.8 Å². The molecule has 36 heavy (non-hydrogen) atoms. The summed E-state index contributed by atoms with van der Waals surface area (Å²) in [6.45, 7) is 0.944. The van der Waals surface area contributed by atoms with Crippen LogP contribution in [0, 0.1) is 0 Å². The quantitative estimate of drug-likeness (QED) is 0.172. The first kappa shape index (κ1) is 28.4. The molecule has 1 aliphatic rings. The molecule has 0 heterocycles. The predicted molar refractivity (Wildman–Crippen MR) is 152 cm³/mol. The van der Waals surface area contributed by atoms with Gasteiger partial charge in [-0.25, -0.2) is 0 Å². The molecule has 0 aromatic heterocycles. The zero-order valence-electron chi connectivity index (χ0n) is 20.5. The van der Waals surface area contributed by atoms with Crippen molar-refractivity contribution < 1.29 is 24.1 Å². The maximum atomic E-state index is 6.64. The van der Waals surface area contributed by atoms with Gasteiger partial charge in [-0.2, -0.15) is 0 Å². The van der Waals surface area contributed by atoms with E-state index in [1.807, 2.05) is 20.8 Å². The number of halogens is 2. The minimum Gasteiger partial charge on any atom is -0.147 e. The molecule has 0 saturated heterocycles. The molecule has 5 rings (SSSR count). The second kappa shape index (κ2) is 12.4. The van der Waals surface area contributed by atoms with E-state index in [1.54, 1.807) is 0 Å². The summed E-state index contributed by atoms with van der Waals surface area (Å²) in [5, 5.41) is 2.44. The average molecular weight is 551 g/mol. The van der Waals surface area contributed by atoms with Crippen molar-refractivity contribution in [3.05, 3.63) is 137 Å². The molecular weight excluding hydrogens is 521 g/mol. The molecule has 2 nitrogen and oxygen atoms in total. The second-order valence-electron chi connectivity index (χ2n) is 9.12. The Morgan fingerprint density at radius 1 is 0.778 bits per heavy atom. The fourth-order valence-corrected chi connectivity index (χ4v) is 5.66. The minimum atomic E-state index is -0.746. The van der Waals surface area contributed by atoms with Gasteiger partial charge in [0, 0.05) is 0 Å². The van der Waals surface area contributed by atoms with Gasteiger partial charge in [0.15, 0.2) is 0 Å². The molecule has 183 valence electrons. The van der Waals surface area contributed by atoms with Crippen LogP contribution >= 0.6 is 24.8 Å². The second-order valence-corrected chi connectivity index (χ2v) is 9.43. The molecule has 0 bridgehead atoms. The third kappa shape index (κ3) is 5.26. The SMILES string of the molecule is CN(C)CC1=CCC(c2ccc3ccccc3c2C([O][Ti])(c2ccccc2)c2ccccc2)=C1.Cl.Cl. The van der Waals surface area contributed by atoms with Crippen molar-refractivity contribution in [2.24, 2.45) is 0 Å². The van der Waals surface area contributed by atoms with E-state index in [-0.39, 0.29) is 24.8 Å². The van der Waals surface area contributed by atoms with Crippen LogP contribution in [0.5, 0.6) is 0 Å². The van der Waals surface area contributed by atoms with Crippen LogP contribution in [0.1, 0.15) is 28.7 Å². The molecule has 5 heteroatoms. The fraction of sp³-hybridized carbons (Fsp3) is 0.161. The summed E-state index contributed by atoms with van der Waals surface area (Å²) in [7, 11) is 4.24. The van der Waals surface area contributed by atoms with Gasteiger partial charge in [0.2, 0.25) is 0 Å². The standard InChI is InChI=1S/C31H28NO.2ClH.Ti/c1-32(2)22-23-17-18-25(21-23)29-20-19-24-11-9-10-16-28(24)30(29)31(33,26-12-5-3-6-13-26)27-14-7-4-8-15-27;;;/h3-17,19-21H,18,22H2,1-2H3;2*1H;/q-1;;;+1. The molecule has 0 unspecified atom stereocenters. The van der Waals surface area contributed by atoms with E-state index in [1.165, 1.54) is 33.0 Å². The van der Waals surface area contributed by atoms with Crippen LogP contribution in [0.2, 0.25) is 0 Å². The maximum Gasteiger partial charge on any atom is -0.147 e. The largest absolute Gasteiger partial charge is 0.147 e. The number of likely N-dealkylation sites (N-methyl/N-ethyl adjacent to an activating group) is 1. The summed E-state index contributed by atoms with van der Waals surface area (Å²) in [6.07, 6.45) is 5.65. The number of rotatable bonds is 7. The first-order valence-electron chi connectivity index (χ1n) is 11.7. The van der Waals surface area contributed by atoms with Crippen molar-refractivity contribution in [3.63, 3.8) is 0 Å². The van der Waals surface area contributed by atoms with Gasteiger partial charge in [-0.3, -0.25) is 0 Å². The number of benzene rings is 4. The van der Waals surface area contributed by atoms with E-state index < -0.39 is 5.60 Å². The Morgan fingerprint density at radius 3 is 1.94 bits per heavy atom.